The number of aliphatic hydroxyl groups excluding tert-OH is 1. The maximum atomic E-state index is 11.0. The summed E-state index contributed by atoms with van der Waals surface area (Å²) in [5, 5.41) is 13.5. The number of rotatable bonds is 4. The number of hydrogen-bond donors (Lipinski definition) is 2. The minimum absolute atomic E-state index is 0.0469. The van der Waals surface area contributed by atoms with Gasteiger partial charge in [0.2, 0.25) is 5.91 Å². The Bertz CT molecular complexity index is 236. The van der Waals surface area contributed by atoms with Crippen LogP contribution in [0.1, 0.15) is 12.8 Å². The molecular weight excluding hydrogens is 176 g/mol. The van der Waals surface area contributed by atoms with Gasteiger partial charge in [0.1, 0.15) is 0 Å². The number of nitrogens with one attached hydrogen (secondary N) is 1. The van der Waals surface area contributed by atoms with Crippen molar-refractivity contribution in [1.82, 2.24) is 4.98 Å². The first-order chi connectivity index (χ1) is 5.83. The summed E-state index contributed by atoms with van der Waals surface area (Å²) in [7, 11) is 0. The largest absolute Gasteiger partial charge is 0.396 e. The van der Waals surface area contributed by atoms with Gasteiger partial charge in [-0.3, -0.25) is 4.79 Å². The van der Waals surface area contributed by atoms with E-state index in [0.717, 1.165) is 0 Å². The molecule has 12 heavy (non-hydrogen) atoms. The highest BCUT2D eigenvalue weighted by Crippen LogP contribution is 2.10. The molecule has 1 aromatic rings. The molecule has 0 aliphatic rings. The standard InChI is InChI=1S/C7H10N2O2S/c10-4-1-2-6(11)9-7-8-3-5-12-7/h3,5,10H,1-2,4H2,(H,8,9,11). The molecule has 0 radical (unpaired) electrons. The second-order valence-electron chi connectivity index (χ2n) is 2.21. The SMILES string of the molecule is O=C(CCCO)Nc1nccs1. The third kappa shape index (κ3) is 2.98. The Morgan fingerprint density at radius 2 is 2.58 bits per heavy atom. The molecule has 5 heteroatoms. The van der Waals surface area contributed by atoms with Gasteiger partial charge in [-0.15, -0.1) is 11.3 Å². The van der Waals surface area contributed by atoms with Crippen LogP contribution in [0.3, 0.4) is 0 Å². The first kappa shape index (κ1) is 9.15. The maximum Gasteiger partial charge on any atom is 0.226 e. The molecule has 0 aliphatic carbocycles. The van der Waals surface area contributed by atoms with Crippen LogP contribution in [0.15, 0.2) is 11.6 Å². The summed E-state index contributed by atoms with van der Waals surface area (Å²) < 4.78 is 0. The Morgan fingerprint density at radius 1 is 1.75 bits per heavy atom. The lowest BCUT2D eigenvalue weighted by molar-refractivity contribution is -0.116. The van der Waals surface area contributed by atoms with Crippen LogP contribution in [0, 0.1) is 0 Å². The average molecular weight is 186 g/mol. The Balaban J connectivity index is 2.27. The van der Waals surface area contributed by atoms with E-state index in [0.29, 0.717) is 18.0 Å². The lowest BCUT2D eigenvalue weighted by Crippen LogP contribution is -2.11. The van der Waals surface area contributed by atoms with Crippen LogP contribution in [0.5, 0.6) is 0 Å². The van der Waals surface area contributed by atoms with Crippen molar-refractivity contribution >= 4 is 22.4 Å². The number of aromatic nitrogens is 1. The smallest absolute Gasteiger partial charge is 0.226 e. The molecule has 1 aromatic heterocycles. The molecular formula is C7H10N2O2S. The first-order valence-electron chi connectivity index (χ1n) is 3.63. The zero-order valence-electron chi connectivity index (χ0n) is 6.49. The number of thiazole rings is 1. The van der Waals surface area contributed by atoms with Crippen molar-refractivity contribution in [2.24, 2.45) is 0 Å². The van der Waals surface area contributed by atoms with Crippen LogP contribution in [-0.2, 0) is 4.79 Å². The fraction of sp³-hybridized carbons (Fsp3) is 0.429. The van der Waals surface area contributed by atoms with Crippen LogP contribution < -0.4 is 5.32 Å². The molecule has 1 amide bonds. The number of anilines is 1. The highest BCUT2D eigenvalue weighted by atomic mass is 32.1. The van der Waals surface area contributed by atoms with Gasteiger partial charge in [-0.1, -0.05) is 0 Å². The van der Waals surface area contributed by atoms with Gasteiger partial charge in [0.25, 0.3) is 0 Å². The Hall–Kier alpha value is -0.940. The number of carbonyl (C=O) groups excluding carboxylic acids is 1. The minimum atomic E-state index is -0.0981. The van der Waals surface area contributed by atoms with Gasteiger partial charge in [0, 0.05) is 24.6 Å². The molecule has 2 N–H and O–H groups in total. The third-order valence-electron chi connectivity index (χ3n) is 1.24. The minimum Gasteiger partial charge on any atom is -0.396 e. The van der Waals surface area contributed by atoms with E-state index in [1.807, 2.05) is 0 Å². The van der Waals surface area contributed by atoms with E-state index in [9.17, 15) is 4.79 Å². The third-order valence-corrected chi connectivity index (χ3v) is 1.93. The van der Waals surface area contributed by atoms with Crippen molar-refractivity contribution in [3.8, 4) is 0 Å². The highest BCUT2D eigenvalue weighted by Gasteiger charge is 2.02. The Morgan fingerprint density at radius 3 is 3.17 bits per heavy atom. The number of nitrogens with zero attached hydrogens (tertiary/aromatic N) is 1. The maximum absolute atomic E-state index is 11.0. The molecule has 0 bridgehead atoms. The van der Waals surface area contributed by atoms with Gasteiger partial charge in [-0.2, -0.15) is 0 Å². The molecule has 0 aliphatic heterocycles. The van der Waals surface area contributed by atoms with Gasteiger partial charge in [0.05, 0.1) is 0 Å². The summed E-state index contributed by atoms with van der Waals surface area (Å²) in [5.41, 5.74) is 0. The first-order valence-corrected chi connectivity index (χ1v) is 4.51. The van der Waals surface area contributed by atoms with Gasteiger partial charge in [-0.25, -0.2) is 4.98 Å². The molecule has 0 saturated heterocycles. The van der Waals surface area contributed by atoms with E-state index in [2.05, 4.69) is 10.3 Å². The zero-order valence-corrected chi connectivity index (χ0v) is 7.30. The fourth-order valence-electron chi connectivity index (χ4n) is 0.707. The molecule has 66 valence electrons. The topological polar surface area (TPSA) is 62.2 Å². The lowest BCUT2D eigenvalue weighted by Gasteiger charge is -1.98. The van der Waals surface area contributed by atoms with Crippen molar-refractivity contribution in [2.75, 3.05) is 11.9 Å². The van der Waals surface area contributed by atoms with Crippen LogP contribution in [0.25, 0.3) is 0 Å². The predicted octanol–water partition coefficient (Wildman–Crippen LogP) is 0.854. The van der Waals surface area contributed by atoms with E-state index in [4.69, 9.17) is 5.11 Å². The van der Waals surface area contributed by atoms with Crippen LogP contribution in [0.4, 0.5) is 5.13 Å². The van der Waals surface area contributed by atoms with Crippen molar-refractivity contribution in [1.29, 1.82) is 0 Å². The normalized spacial score (nSPS) is 9.75. The Labute approximate surface area is 74.3 Å². The van der Waals surface area contributed by atoms with Gasteiger partial charge < -0.3 is 10.4 Å². The highest BCUT2D eigenvalue weighted by molar-refractivity contribution is 7.13. The summed E-state index contributed by atoms with van der Waals surface area (Å²) in [6.45, 7) is 0.0469. The second kappa shape index (κ2) is 4.84. The van der Waals surface area contributed by atoms with E-state index < -0.39 is 0 Å². The summed E-state index contributed by atoms with van der Waals surface area (Å²) in [4.78, 5) is 14.9. The van der Waals surface area contributed by atoms with Crippen molar-refractivity contribution in [3.05, 3.63) is 11.6 Å². The van der Waals surface area contributed by atoms with E-state index >= 15 is 0 Å². The number of aliphatic hydroxyl groups is 1. The van der Waals surface area contributed by atoms with Gasteiger partial charge in [0.15, 0.2) is 5.13 Å². The summed E-state index contributed by atoms with van der Waals surface area (Å²) in [6, 6.07) is 0. The molecule has 0 fully saturated rings. The number of hydrogen-bond acceptors (Lipinski definition) is 4. The molecule has 0 aromatic carbocycles. The van der Waals surface area contributed by atoms with Crippen molar-refractivity contribution < 1.29 is 9.90 Å². The second-order valence-corrected chi connectivity index (χ2v) is 3.11. The van der Waals surface area contributed by atoms with Crippen LogP contribution >= 0.6 is 11.3 Å². The van der Waals surface area contributed by atoms with Gasteiger partial charge >= 0.3 is 0 Å². The molecule has 1 heterocycles. The molecule has 0 spiro atoms. The van der Waals surface area contributed by atoms with Crippen LogP contribution in [-0.4, -0.2) is 22.6 Å². The average Bonchev–Trinajstić information content (AvgIpc) is 2.53. The summed E-state index contributed by atoms with van der Waals surface area (Å²) in [5.74, 6) is -0.0981. The lowest BCUT2D eigenvalue weighted by atomic mass is 10.3. The molecule has 0 saturated carbocycles. The quantitative estimate of drug-likeness (QED) is 0.733. The molecule has 0 unspecified atom stereocenters. The molecule has 1 rings (SSSR count). The molecule has 0 atom stereocenters. The Kier molecular flexibility index (Phi) is 3.69. The number of amides is 1. The van der Waals surface area contributed by atoms with Crippen molar-refractivity contribution in [3.63, 3.8) is 0 Å². The number of carbonyl (C=O) groups is 1. The van der Waals surface area contributed by atoms with Crippen molar-refractivity contribution in [2.45, 2.75) is 12.8 Å². The van der Waals surface area contributed by atoms with E-state index in [1.165, 1.54) is 11.3 Å². The zero-order chi connectivity index (χ0) is 8.81. The predicted molar refractivity (Wildman–Crippen MR) is 47.1 cm³/mol. The molecule has 4 nitrogen and oxygen atoms in total. The van der Waals surface area contributed by atoms with E-state index in [1.54, 1.807) is 11.6 Å². The fourth-order valence-corrected chi connectivity index (χ4v) is 1.25. The van der Waals surface area contributed by atoms with E-state index in [-0.39, 0.29) is 12.5 Å². The van der Waals surface area contributed by atoms with Crippen LogP contribution in [0.2, 0.25) is 0 Å². The summed E-state index contributed by atoms with van der Waals surface area (Å²) >= 11 is 1.38. The summed E-state index contributed by atoms with van der Waals surface area (Å²) in [6.07, 6.45) is 2.47. The monoisotopic (exact) mass is 186 g/mol. The van der Waals surface area contributed by atoms with Gasteiger partial charge in [-0.05, 0) is 6.42 Å².